The van der Waals surface area contributed by atoms with Crippen molar-refractivity contribution in [1.82, 2.24) is 0 Å². The van der Waals surface area contributed by atoms with Crippen molar-refractivity contribution < 1.29 is 9.53 Å². The molecular formula is C17H18ClNO2. The van der Waals surface area contributed by atoms with E-state index in [0.29, 0.717) is 10.8 Å². The van der Waals surface area contributed by atoms with Crippen LogP contribution in [-0.4, -0.2) is 12.0 Å². The molecule has 2 aromatic carbocycles. The van der Waals surface area contributed by atoms with Gasteiger partial charge in [0.25, 0.3) is 5.91 Å². The van der Waals surface area contributed by atoms with E-state index >= 15 is 0 Å². The van der Waals surface area contributed by atoms with Gasteiger partial charge < -0.3 is 10.1 Å². The highest BCUT2D eigenvalue weighted by molar-refractivity contribution is 6.32. The fraction of sp³-hybridized carbons (Fsp3) is 0.235. The zero-order valence-electron chi connectivity index (χ0n) is 12.3. The number of carbonyl (C=O) groups excluding carboxylic acids is 1. The molecule has 21 heavy (non-hydrogen) atoms. The summed E-state index contributed by atoms with van der Waals surface area (Å²) in [5.41, 5.74) is 2.98. The second kappa shape index (κ2) is 6.64. The summed E-state index contributed by atoms with van der Waals surface area (Å²) in [5, 5.41) is 3.37. The molecule has 1 unspecified atom stereocenters. The number of ether oxygens (including phenoxy) is 1. The summed E-state index contributed by atoms with van der Waals surface area (Å²) in [6.07, 6.45) is -0.634. The van der Waals surface area contributed by atoms with E-state index in [1.165, 1.54) is 0 Å². The van der Waals surface area contributed by atoms with E-state index in [4.69, 9.17) is 16.3 Å². The Morgan fingerprint density at radius 3 is 2.57 bits per heavy atom. The molecule has 0 saturated heterocycles. The highest BCUT2D eigenvalue weighted by Crippen LogP contribution is 2.25. The third kappa shape index (κ3) is 3.76. The van der Waals surface area contributed by atoms with E-state index in [-0.39, 0.29) is 5.91 Å². The molecule has 110 valence electrons. The van der Waals surface area contributed by atoms with Crippen molar-refractivity contribution >= 4 is 23.2 Å². The lowest BCUT2D eigenvalue weighted by Gasteiger charge is -2.17. The van der Waals surface area contributed by atoms with Gasteiger partial charge in [-0.25, -0.2) is 0 Å². The summed E-state index contributed by atoms with van der Waals surface area (Å²) in [6, 6.07) is 12.9. The summed E-state index contributed by atoms with van der Waals surface area (Å²) < 4.78 is 5.61. The molecule has 2 rings (SSSR count). The van der Waals surface area contributed by atoms with Crippen LogP contribution >= 0.6 is 11.6 Å². The molecule has 3 nitrogen and oxygen atoms in total. The van der Waals surface area contributed by atoms with Crippen LogP contribution in [0.25, 0.3) is 0 Å². The summed E-state index contributed by atoms with van der Waals surface area (Å²) in [4.78, 5) is 12.2. The van der Waals surface area contributed by atoms with Crippen molar-refractivity contribution in [2.75, 3.05) is 5.32 Å². The minimum Gasteiger partial charge on any atom is -0.479 e. The Morgan fingerprint density at radius 1 is 1.14 bits per heavy atom. The molecule has 0 fully saturated rings. The fourth-order valence-electron chi connectivity index (χ4n) is 1.91. The number of carbonyl (C=O) groups is 1. The van der Waals surface area contributed by atoms with Crippen LogP contribution < -0.4 is 10.1 Å². The number of nitrogens with one attached hydrogen (secondary N) is 1. The predicted molar refractivity (Wildman–Crippen MR) is 86.1 cm³/mol. The number of halogens is 1. The number of rotatable bonds is 4. The van der Waals surface area contributed by atoms with Gasteiger partial charge in [0, 0.05) is 5.69 Å². The Bertz CT molecular complexity index is 655. The molecule has 0 radical (unpaired) electrons. The zero-order chi connectivity index (χ0) is 15.4. The zero-order valence-corrected chi connectivity index (χ0v) is 13.1. The maximum Gasteiger partial charge on any atom is 0.265 e. The first-order chi connectivity index (χ1) is 9.99. The minimum atomic E-state index is -0.634. The summed E-state index contributed by atoms with van der Waals surface area (Å²) >= 11 is 6.02. The SMILES string of the molecule is Cc1cccc(NC(=O)C(C)Oc2ccccc2Cl)c1C. The largest absolute Gasteiger partial charge is 0.479 e. The van der Waals surface area contributed by atoms with Gasteiger partial charge in [-0.15, -0.1) is 0 Å². The van der Waals surface area contributed by atoms with Crippen LogP contribution in [0.5, 0.6) is 5.75 Å². The first-order valence-corrected chi connectivity index (χ1v) is 7.15. The molecular weight excluding hydrogens is 286 g/mol. The Labute approximate surface area is 129 Å². The van der Waals surface area contributed by atoms with Crippen LogP contribution in [0.1, 0.15) is 18.1 Å². The van der Waals surface area contributed by atoms with Gasteiger partial charge in [0.15, 0.2) is 6.10 Å². The molecule has 0 heterocycles. The average Bonchev–Trinajstić information content (AvgIpc) is 2.46. The molecule has 0 aliphatic heterocycles. The van der Waals surface area contributed by atoms with Crippen molar-refractivity contribution in [1.29, 1.82) is 0 Å². The van der Waals surface area contributed by atoms with E-state index in [9.17, 15) is 4.79 Å². The minimum absolute atomic E-state index is 0.205. The Kier molecular flexibility index (Phi) is 4.86. The molecule has 1 amide bonds. The van der Waals surface area contributed by atoms with Gasteiger partial charge in [-0.2, -0.15) is 0 Å². The van der Waals surface area contributed by atoms with Gasteiger partial charge in [-0.05, 0) is 50.1 Å². The number of benzene rings is 2. The lowest BCUT2D eigenvalue weighted by Crippen LogP contribution is -2.30. The number of para-hydroxylation sites is 1. The molecule has 0 aromatic heterocycles. The fourth-order valence-corrected chi connectivity index (χ4v) is 2.09. The monoisotopic (exact) mass is 303 g/mol. The molecule has 4 heteroatoms. The normalized spacial score (nSPS) is 11.8. The molecule has 0 bridgehead atoms. The van der Waals surface area contributed by atoms with Crippen LogP contribution in [0.15, 0.2) is 42.5 Å². The second-order valence-electron chi connectivity index (χ2n) is 4.93. The van der Waals surface area contributed by atoms with E-state index in [1.807, 2.05) is 44.2 Å². The second-order valence-corrected chi connectivity index (χ2v) is 5.33. The van der Waals surface area contributed by atoms with Crippen LogP contribution in [0.4, 0.5) is 5.69 Å². The van der Waals surface area contributed by atoms with Gasteiger partial charge in [0.05, 0.1) is 5.02 Å². The smallest absolute Gasteiger partial charge is 0.265 e. The van der Waals surface area contributed by atoms with Crippen LogP contribution in [0.2, 0.25) is 5.02 Å². The molecule has 1 atom stereocenters. The first-order valence-electron chi connectivity index (χ1n) is 6.77. The maximum atomic E-state index is 12.2. The number of anilines is 1. The van der Waals surface area contributed by atoms with E-state index < -0.39 is 6.10 Å². The number of hydrogen-bond acceptors (Lipinski definition) is 2. The Morgan fingerprint density at radius 2 is 1.86 bits per heavy atom. The summed E-state index contributed by atoms with van der Waals surface area (Å²) in [6.45, 7) is 5.68. The average molecular weight is 304 g/mol. The number of hydrogen-bond donors (Lipinski definition) is 1. The topological polar surface area (TPSA) is 38.3 Å². The van der Waals surface area contributed by atoms with Crippen molar-refractivity contribution in [2.24, 2.45) is 0 Å². The molecule has 0 aliphatic rings. The van der Waals surface area contributed by atoms with Crippen molar-refractivity contribution in [3.05, 3.63) is 58.6 Å². The molecule has 0 saturated carbocycles. The lowest BCUT2D eigenvalue weighted by molar-refractivity contribution is -0.122. The van der Waals surface area contributed by atoms with E-state index in [2.05, 4.69) is 5.32 Å². The van der Waals surface area contributed by atoms with Gasteiger partial charge in [-0.3, -0.25) is 4.79 Å². The van der Waals surface area contributed by atoms with Gasteiger partial charge in [-0.1, -0.05) is 35.9 Å². The van der Waals surface area contributed by atoms with Crippen LogP contribution in [0.3, 0.4) is 0 Å². The molecule has 0 spiro atoms. The van der Waals surface area contributed by atoms with Gasteiger partial charge in [0.2, 0.25) is 0 Å². The van der Waals surface area contributed by atoms with Gasteiger partial charge >= 0.3 is 0 Å². The maximum absolute atomic E-state index is 12.2. The lowest BCUT2D eigenvalue weighted by atomic mass is 10.1. The number of amides is 1. The predicted octanol–water partition coefficient (Wildman–Crippen LogP) is 4.36. The van der Waals surface area contributed by atoms with E-state index in [1.54, 1.807) is 19.1 Å². The van der Waals surface area contributed by atoms with Crippen molar-refractivity contribution in [2.45, 2.75) is 26.9 Å². The van der Waals surface area contributed by atoms with Crippen LogP contribution in [0, 0.1) is 13.8 Å². The third-order valence-corrected chi connectivity index (χ3v) is 3.68. The Balaban J connectivity index is 2.06. The summed E-state index contributed by atoms with van der Waals surface area (Å²) in [5.74, 6) is 0.298. The highest BCUT2D eigenvalue weighted by atomic mass is 35.5. The molecule has 1 N–H and O–H groups in total. The van der Waals surface area contributed by atoms with Crippen molar-refractivity contribution in [3.63, 3.8) is 0 Å². The first kappa shape index (κ1) is 15.4. The summed E-state index contributed by atoms with van der Waals surface area (Å²) in [7, 11) is 0. The molecule has 2 aromatic rings. The quantitative estimate of drug-likeness (QED) is 0.911. The highest BCUT2D eigenvalue weighted by Gasteiger charge is 2.17. The standard InChI is InChI=1S/C17H18ClNO2/c1-11-7-6-9-15(12(11)2)19-17(20)13(3)21-16-10-5-4-8-14(16)18/h4-10,13H,1-3H3,(H,19,20). The number of aryl methyl sites for hydroxylation is 1. The van der Waals surface area contributed by atoms with Gasteiger partial charge in [0.1, 0.15) is 5.75 Å². The molecule has 0 aliphatic carbocycles. The van der Waals surface area contributed by atoms with Crippen LogP contribution in [-0.2, 0) is 4.79 Å². The Hall–Kier alpha value is -2.00. The van der Waals surface area contributed by atoms with E-state index in [0.717, 1.165) is 16.8 Å². The van der Waals surface area contributed by atoms with Crippen molar-refractivity contribution in [3.8, 4) is 5.75 Å². The third-order valence-electron chi connectivity index (χ3n) is 3.37.